The third-order valence-corrected chi connectivity index (χ3v) is 5.26. The van der Waals surface area contributed by atoms with Gasteiger partial charge < -0.3 is 20.7 Å². The number of anilines is 2. The summed E-state index contributed by atoms with van der Waals surface area (Å²) in [6.07, 6.45) is 3.43. The number of carbonyl (C=O) groups is 1. The van der Waals surface area contributed by atoms with Gasteiger partial charge in [0.15, 0.2) is 5.82 Å². The van der Waals surface area contributed by atoms with E-state index in [-0.39, 0.29) is 23.1 Å². The monoisotopic (exact) mass is 421 g/mol. The lowest BCUT2D eigenvalue weighted by atomic mass is 10.1. The Kier molecular flexibility index (Phi) is 6.08. The highest BCUT2D eigenvalue weighted by Crippen LogP contribution is 2.31. The predicted octanol–water partition coefficient (Wildman–Crippen LogP) is 3.47. The van der Waals surface area contributed by atoms with Crippen LogP contribution >= 0.6 is 0 Å². The highest BCUT2D eigenvalue weighted by atomic mass is 19.1. The van der Waals surface area contributed by atoms with Crippen LogP contribution in [0.2, 0.25) is 0 Å². The number of piperidine rings is 1. The van der Waals surface area contributed by atoms with Crippen LogP contribution in [0.5, 0.6) is 5.75 Å². The number of aromatic nitrogens is 2. The summed E-state index contributed by atoms with van der Waals surface area (Å²) in [5, 5.41) is 2.92. The first kappa shape index (κ1) is 20.7. The van der Waals surface area contributed by atoms with Crippen LogP contribution in [0.3, 0.4) is 0 Å². The average molecular weight is 421 g/mol. The normalized spacial score (nSPS) is 16.1. The van der Waals surface area contributed by atoms with E-state index in [1.165, 1.54) is 31.5 Å². The summed E-state index contributed by atoms with van der Waals surface area (Å²) in [6, 6.07) is 13.7. The minimum Gasteiger partial charge on any atom is -0.496 e. The van der Waals surface area contributed by atoms with Crippen molar-refractivity contribution in [2.75, 3.05) is 30.4 Å². The van der Waals surface area contributed by atoms with E-state index in [1.54, 1.807) is 6.07 Å². The zero-order valence-corrected chi connectivity index (χ0v) is 17.2. The van der Waals surface area contributed by atoms with Gasteiger partial charge in [0, 0.05) is 25.3 Å². The molecule has 8 heteroatoms. The van der Waals surface area contributed by atoms with Crippen molar-refractivity contribution in [3.63, 3.8) is 0 Å². The molecule has 0 aliphatic carbocycles. The third-order valence-electron chi connectivity index (χ3n) is 5.26. The number of nitrogens with one attached hydrogen (secondary N) is 1. The number of carbonyl (C=O) groups excluding carboxylic acids is 1. The fourth-order valence-electron chi connectivity index (χ4n) is 3.77. The molecule has 1 aliphatic rings. The van der Waals surface area contributed by atoms with E-state index < -0.39 is 11.7 Å². The smallest absolute Gasteiger partial charge is 0.274 e. The molecule has 0 bridgehead atoms. The first-order valence-corrected chi connectivity index (χ1v) is 10.1. The molecule has 160 valence electrons. The quantitative estimate of drug-likeness (QED) is 0.655. The van der Waals surface area contributed by atoms with Gasteiger partial charge in [0.2, 0.25) is 0 Å². The van der Waals surface area contributed by atoms with Crippen LogP contribution in [0.1, 0.15) is 23.3 Å². The zero-order chi connectivity index (χ0) is 21.8. The Hall–Kier alpha value is -3.52. The Morgan fingerprint density at radius 1 is 1.23 bits per heavy atom. The summed E-state index contributed by atoms with van der Waals surface area (Å²) >= 11 is 0. The van der Waals surface area contributed by atoms with Crippen molar-refractivity contribution in [3.8, 4) is 17.1 Å². The summed E-state index contributed by atoms with van der Waals surface area (Å²) < 4.78 is 19.6. The van der Waals surface area contributed by atoms with Crippen LogP contribution in [0.15, 0.2) is 54.7 Å². The van der Waals surface area contributed by atoms with Gasteiger partial charge >= 0.3 is 0 Å². The second-order valence-electron chi connectivity index (χ2n) is 7.40. The number of ether oxygens (including phenoxy) is 1. The van der Waals surface area contributed by atoms with Crippen molar-refractivity contribution in [3.05, 3.63) is 66.2 Å². The molecule has 31 heavy (non-hydrogen) atoms. The highest BCUT2D eigenvalue weighted by Gasteiger charge is 2.21. The molecule has 2 aromatic carbocycles. The number of methoxy groups -OCH3 is 1. The molecule has 4 rings (SSSR count). The Balaban J connectivity index is 1.61. The summed E-state index contributed by atoms with van der Waals surface area (Å²) in [6.45, 7) is 1.61. The SMILES string of the molecule is COc1cccc(F)c1-c1nccc(C(=O)Nc2ccccc2N2CCC[C@@H](N)C2)n1. The van der Waals surface area contributed by atoms with Gasteiger partial charge in [-0.15, -0.1) is 0 Å². The van der Waals surface area contributed by atoms with E-state index in [1.807, 2.05) is 24.3 Å². The van der Waals surface area contributed by atoms with Crippen molar-refractivity contribution >= 4 is 17.3 Å². The van der Waals surface area contributed by atoms with Crippen molar-refractivity contribution in [2.45, 2.75) is 18.9 Å². The highest BCUT2D eigenvalue weighted by molar-refractivity contribution is 6.04. The number of amides is 1. The lowest BCUT2D eigenvalue weighted by Crippen LogP contribution is -2.43. The molecule has 3 N–H and O–H groups in total. The number of hydrogen-bond acceptors (Lipinski definition) is 6. The van der Waals surface area contributed by atoms with Crippen LogP contribution in [-0.4, -0.2) is 42.1 Å². The largest absolute Gasteiger partial charge is 0.496 e. The van der Waals surface area contributed by atoms with Crippen LogP contribution in [0.4, 0.5) is 15.8 Å². The van der Waals surface area contributed by atoms with Gasteiger partial charge in [0.1, 0.15) is 17.3 Å². The molecule has 1 saturated heterocycles. The van der Waals surface area contributed by atoms with Crippen molar-refractivity contribution in [2.24, 2.45) is 5.73 Å². The Morgan fingerprint density at radius 2 is 2.06 bits per heavy atom. The van der Waals surface area contributed by atoms with Crippen molar-refractivity contribution < 1.29 is 13.9 Å². The second-order valence-corrected chi connectivity index (χ2v) is 7.40. The maximum atomic E-state index is 14.4. The molecule has 1 aliphatic heterocycles. The molecular weight excluding hydrogens is 397 g/mol. The summed E-state index contributed by atoms with van der Waals surface area (Å²) in [7, 11) is 1.44. The molecule has 0 saturated carbocycles. The van der Waals surface area contributed by atoms with E-state index in [0.717, 1.165) is 31.6 Å². The molecule has 0 unspecified atom stereocenters. The number of rotatable bonds is 5. The topological polar surface area (TPSA) is 93.4 Å². The Bertz CT molecular complexity index is 1090. The zero-order valence-electron chi connectivity index (χ0n) is 17.2. The number of halogens is 1. The van der Waals surface area contributed by atoms with Gasteiger partial charge in [-0.1, -0.05) is 18.2 Å². The molecular formula is C23H24FN5O2. The summed E-state index contributed by atoms with van der Waals surface area (Å²) in [4.78, 5) is 23.6. The van der Waals surface area contributed by atoms with E-state index in [2.05, 4.69) is 20.2 Å². The summed E-state index contributed by atoms with van der Waals surface area (Å²) in [5.74, 6) is -0.557. The van der Waals surface area contributed by atoms with E-state index in [0.29, 0.717) is 11.4 Å². The van der Waals surface area contributed by atoms with Crippen molar-refractivity contribution in [1.82, 2.24) is 9.97 Å². The molecule has 0 radical (unpaired) electrons. The molecule has 1 fully saturated rings. The number of para-hydroxylation sites is 2. The standard InChI is InChI=1S/C23H24FN5O2/c1-31-20-10-4-7-16(24)21(20)22-26-12-11-18(27-22)23(30)28-17-8-2-3-9-19(17)29-13-5-6-15(25)14-29/h2-4,7-12,15H,5-6,13-14,25H2,1H3,(H,28,30)/t15-/m1/s1. The van der Waals surface area contributed by atoms with Crippen molar-refractivity contribution in [1.29, 1.82) is 0 Å². The lowest BCUT2D eigenvalue weighted by Gasteiger charge is -2.33. The number of benzene rings is 2. The molecule has 1 aromatic heterocycles. The minimum atomic E-state index is -0.524. The van der Waals surface area contributed by atoms with Crippen LogP contribution in [-0.2, 0) is 0 Å². The minimum absolute atomic E-state index is 0.0814. The number of nitrogens with two attached hydrogens (primary N) is 1. The predicted molar refractivity (Wildman–Crippen MR) is 118 cm³/mol. The number of hydrogen-bond donors (Lipinski definition) is 2. The van der Waals surface area contributed by atoms with E-state index in [9.17, 15) is 9.18 Å². The molecule has 7 nitrogen and oxygen atoms in total. The van der Waals surface area contributed by atoms with Gasteiger partial charge in [-0.2, -0.15) is 0 Å². The molecule has 2 heterocycles. The Labute approximate surface area is 180 Å². The van der Waals surface area contributed by atoms with Gasteiger partial charge in [-0.05, 0) is 43.2 Å². The average Bonchev–Trinajstić information content (AvgIpc) is 2.79. The van der Waals surface area contributed by atoms with Crippen LogP contribution < -0.4 is 20.7 Å². The van der Waals surface area contributed by atoms with Gasteiger partial charge in [0.05, 0.1) is 24.0 Å². The van der Waals surface area contributed by atoms with E-state index in [4.69, 9.17) is 10.5 Å². The second kappa shape index (κ2) is 9.09. The lowest BCUT2D eigenvalue weighted by molar-refractivity contribution is 0.102. The molecule has 1 atom stereocenters. The molecule has 1 amide bonds. The van der Waals surface area contributed by atoms with Gasteiger partial charge in [-0.3, -0.25) is 4.79 Å². The van der Waals surface area contributed by atoms with Gasteiger partial charge in [0.25, 0.3) is 5.91 Å². The maximum Gasteiger partial charge on any atom is 0.274 e. The Morgan fingerprint density at radius 3 is 2.87 bits per heavy atom. The van der Waals surface area contributed by atoms with E-state index >= 15 is 0 Å². The third kappa shape index (κ3) is 4.49. The number of nitrogens with zero attached hydrogens (tertiary/aromatic N) is 3. The first-order valence-electron chi connectivity index (χ1n) is 10.1. The van der Waals surface area contributed by atoms with Crippen LogP contribution in [0.25, 0.3) is 11.4 Å². The van der Waals surface area contributed by atoms with Gasteiger partial charge in [-0.25, -0.2) is 14.4 Å². The molecule has 3 aromatic rings. The maximum absolute atomic E-state index is 14.4. The first-order chi connectivity index (χ1) is 15.1. The fraction of sp³-hybridized carbons (Fsp3) is 0.261. The summed E-state index contributed by atoms with van der Waals surface area (Å²) in [5.41, 5.74) is 7.95. The molecule has 0 spiro atoms. The fourth-order valence-corrected chi connectivity index (χ4v) is 3.77. The van der Waals surface area contributed by atoms with Crippen LogP contribution in [0, 0.1) is 5.82 Å².